The number of hydrogen-bond acceptors (Lipinski definition) is 5. The van der Waals surface area contributed by atoms with Gasteiger partial charge in [0.25, 0.3) is 0 Å². The summed E-state index contributed by atoms with van der Waals surface area (Å²) in [6.07, 6.45) is 4.63. The molecule has 0 fully saturated rings. The van der Waals surface area contributed by atoms with Gasteiger partial charge >= 0.3 is 0 Å². The first kappa shape index (κ1) is 17.1. The predicted octanol–water partition coefficient (Wildman–Crippen LogP) is 1.34. The van der Waals surface area contributed by atoms with Gasteiger partial charge in [-0.25, -0.2) is 9.67 Å². The highest BCUT2D eigenvalue weighted by Gasteiger charge is 2.13. The first-order valence-corrected chi connectivity index (χ1v) is 7.40. The van der Waals surface area contributed by atoms with Gasteiger partial charge in [-0.2, -0.15) is 5.10 Å². The van der Waals surface area contributed by atoms with E-state index in [-0.39, 0.29) is 19.1 Å². The van der Waals surface area contributed by atoms with E-state index in [1.54, 1.807) is 33.9 Å². The summed E-state index contributed by atoms with van der Waals surface area (Å²) >= 11 is 6.01. The zero-order valence-electron chi connectivity index (χ0n) is 12.5. The van der Waals surface area contributed by atoms with Crippen LogP contribution < -0.4 is 5.32 Å². The maximum absolute atomic E-state index is 12.2. The Labute approximate surface area is 139 Å². The minimum Gasteiger partial charge on any atom is -0.395 e. The fraction of sp³-hybridized carbons (Fsp3) is 0.267. The van der Waals surface area contributed by atoms with Crippen LogP contribution >= 0.6 is 11.6 Å². The van der Waals surface area contributed by atoms with Crippen molar-refractivity contribution in [3.63, 3.8) is 0 Å². The molecule has 0 bridgehead atoms. The van der Waals surface area contributed by atoms with Gasteiger partial charge in [-0.15, -0.1) is 6.58 Å². The van der Waals surface area contributed by atoms with Crippen LogP contribution in [0.3, 0.4) is 0 Å². The second-order valence-corrected chi connectivity index (χ2v) is 5.23. The van der Waals surface area contributed by atoms with Gasteiger partial charge in [0.15, 0.2) is 0 Å². The molecule has 7 nitrogen and oxygen atoms in total. The van der Waals surface area contributed by atoms with Crippen LogP contribution in [0.15, 0.2) is 43.5 Å². The number of anilines is 1. The number of rotatable bonds is 8. The molecule has 0 atom stereocenters. The topological polar surface area (TPSA) is 83.3 Å². The van der Waals surface area contributed by atoms with Crippen molar-refractivity contribution in [1.29, 1.82) is 0 Å². The molecule has 23 heavy (non-hydrogen) atoms. The Bertz CT molecular complexity index is 660. The molecule has 2 N–H and O–H groups in total. The van der Waals surface area contributed by atoms with E-state index in [0.717, 1.165) is 0 Å². The van der Waals surface area contributed by atoms with Crippen LogP contribution in [0.4, 0.5) is 5.69 Å². The van der Waals surface area contributed by atoms with Crippen molar-refractivity contribution in [2.45, 2.75) is 0 Å². The highest BCUT2D eigenvalue weighted by molar-refractivity contribution is 6.31. The number of aliphatic hydroxyl groups excluding tert-OH is 1. The Morgan fingerprint density at radius 1 is 1.52 bits per heavy atom. The lowest BCUT2D eigenvalue weighted by atomic mass is 10.2. The van der Waals surface area contributed by atoms with Gasteiger partial charge < -0.3 is 10.4 Å². The lowest BCUT2D eigenvalue weighted by Gasteiger charge is -2.19. The zero-order chi connectivity index (χ0) is 16.7. The summed E-state index contributed by atoms with van der Waals surface area (Å²) in [5.41, 5.74) is 1.20. The molecule has 1 heterocycles. The minimum atomic E-state index is -0.219. The molecule has 0 radical (unpaired) electrons. The van der Waals surface area contributed by atoms with Crippen molar-refractivity contribution in [1.82, 2.24) is 19.7 Å². The van der Waals surface area contributed by atoms with Crippen LogP contribution in [0.25, 0.3) is 5.69 Å². The fourth-order valence-electron chi connectivity index (χ4n) is 2.09. The quantitative estimate of drug-likeness (QED) is 0.711. The fourth-order valence-corrected chi connectivity index (χ4v) is 2.26. The SMILES string of the molecule is C=CCN(CCO)CC(=O)Nc1cc(Cl)ccc1-n1cncn1. The van der Waals surface area contributed by atoms with Gasteiger partial charge in [-0.05, 0) is 18.2 Å². The van der Waals surface area contributed by atoms with Crippen LogP contribution in [0.1, 0.15) is 0 Å². The molecule has 0 saturated carbocycles. The summed E-state index contributed by atoms with van der Waals surface area (Å²) in [4.78, 5) is 17.9. The highest BCUT2D eigenvalue weighted by atomic mass is 35.5. The number of halogens is 1. The van der Waals surface area contributed by atoms with Crippen LogP contribution in [0.2, 0.25) is 5.02 Å². The van der Waals surface area contributed by atoms with Crippen molar-refractivity contribution in [3.8, 4) is 5.69 Å². The molecule has 0 aliphatic rings. The van der Waals surface area contributed by atoms with E-state index in [1.165, 1.54) is 12.7 Å². The third kappa shape index (κ3) is 4.88. The molecule has 0 aliphatic carbocycles. The maximum Gasteiger partial charge on any atom is 0.238 e. The van der Waals surface area contributed by atoms with E-state index in [0.29, 0.717) is 29.5 Å². The number of amides is 1. The molecule has 2 rings (SSSR count). The van der Waals surface area contributed by atoms with Crippen LogP contribution in [0, 0.1) is 0 Å². The molecule has 0 unspecified atom stereocenters. The summed E-state index contributed by atoms with van der Waals surface area (Å²) in [7, 11) is 0. The average Bonchev–Trinajstić information content (AvgIpc) is 3.02. The number of nitrogens with one attached hydrogen (secondary N) is 1. The van der Waals surface area contributed by atoms with Crippen molar-refractivity contribution in [2.75, 3.05) is 31.6 Å². The van der Waals surface area contributed by atoms with Crippen LogP contribution in [-0.2, 0) is 4.79 Å². The average molecular weight is 336 g/mol. The van der Waals surface area contributed by atoms with E-state index in [4.69, 9.17) is 16.7 Å². The molecular formula is C15H18ClN5O2. The molecule has 1 amide bonds. The highest BCUT2D eigenvalue weighted by Crippen LogP contribution is 2.23. The summed E-state index contributed by atoms with van der Waals surface area (Å²) < 4.78 is 1.54. The van der Waals surface area contributed by atoms with Crippen molar-refractivity contribution in [2.24, 2.45) is 0 Å². The van der Waals surface area contributed by atoms with Crippen molar-refractivity contribution < 1.29 is 9.90 Å². The summed E-state index contributed by atoms with van der Waals surface area (Å²) in [6.45, 7) is 4.66. The number of carbonyl (C=O) groups is 1. The standard InChI is InChI=1S/C15H18ClN5O2/c1-2-5-20(6-7-22)9-15(23)19-13-8-12(16)3-4-14(13)21-11-17-10-18-21/h2-4,8,10-11,22H,1,5-7,9H2,(H,19,23). The zero-order valence-corrected chi connectivity index (χ0v) is 13.3. The van der Waals surface area contributed by atoms with Gasteiger partial charge in [0.05, 0.1) is 24.5 Å². The maximum atomic E-state index is 12.2. The summed E-state index contributed by atoms with van der Waals surface area (Å²) in [5.74, 6) is -0.219. The van der Waals surface area contributed by atoms with E-state index < -0.39 is 0 Å². The van der Waals surface area contributed by atoms with Gasteiger partial charge in [0, 0.05) is 18.1 Å². The second-order valence-electron chi connectivity index (χ2n) is 4.80. The van der Waals surface area contributed by atoms with Crippen LogP contribution in [-0.4, -0.2) is 56.9 Å². The van der Waals surface area contributed by atoms with E-state index >= 15 is 0 Å². The lowest BCUT2D eigenvalue weighted by molar-refractivity contribution is -0.117. The third-order valence-corrected chi connectivity index (χ3v) is 3.30. The number of aliphatic hydroxyl groups is 1. The van der Waals surface area contributed by atoms with Crippen molar-refractivity contribution >= 4 is 23.2 Å². The largest absolute Gasteiger partial charge is 0.395 e. The molecule has 1 aromatic carbocycles. The van der Waals surface area contributed by atoms with Gasteiger partial charge in [0.1, 0.15) is 12.7 Å². The summed E-state index contributed by atoms with van der Waals surface area (Å²) in [5, 5.41) is 16.4. The first-order chi connectivity index (χ1) is 11.1. The Morgan fingerprint density at radius 3 is 3.00 bits per heavy atom. The molecule has 0 spiro atoms. The number of hydrogen-bond donors (Lipinski definition) is 2. The number of aromatic nitrogens is 3. The van der Waals surface area contributed by atoms with Crippen molar-refractivity contribution in [3.05, 3.63) is 48.5 Å². The summed E-state index contributed by atoms with van der Waals surface area (Å²) in [6, 6.07) is 5.12. The third-order valence-electron chi connectivity index (χ3n) is 3.07. The molecule has 122 valence electrons. The molecule has 0 aliphatic heterocycles. The lowest BCUT2D eigenvalue weighted by Crippen LogP contribution is -2.35. The Hall–Kier alpha value is -2.22. The minimum absolute atomic E-state index is 0.0253. The molecule has 2 aromatic rings. The molecular weight excluding hydrogens is 318 g/mol. The Balaban J connectivity index is 2.14. The molecule has 1 aromatic heterocycles. The monoisotopic (exact) mass is 335 g/mol. The van der Waals surface area contributed by atoms with Gasteiger partial charge in [-0.1, -0.05) is 17.7 Å². The van der Waals surface area contributed by atoms with E-state index in [2.05, 4.69) is 22.0 Å². The van der Waals surface area contributed by atoms with E-state index in [1.807, 2.05) is 0 Å². The number of nitrogens with zero attached hydrogens (tertiary/aromatic N) is 4. The normalized spacial score (nSPS) is 10.7. The van der Waals surface area contributed by atoms with Gasteiger partial charge in [0.2, 0.25) is 5.91 Å². The first-order valence-electron chi connectivity index (χ1n) is 7.02. The Kier molecular flexibility index (Phi) is 6.28. The van der Waals surface area contributed by atoms with Crippen LogP contribution in [0.5, 0.6) is 0 Å². The van der Waals surface area contributed by atoms with Gasteiger partial charge in [-0.3, -0.25) is 9.69 Å². The molecule has 8 heteroatoms. The number of benzene rings is 1. The molecule has 0 saturated heterocycles. The number of carbonyl (C=O) groups excluding carboxylic acids is 1. The second kappa shape index (κ2) is 8.42. The van der Waals surface area contributed by atoms with E-state index in [9.17, 15) is 4.79 Å². The predicted molar refractivity (Wildman–Crippen MR) is 88.7 cm³/mol. The Morgan fingerprint density at radius 2 is 2.35 bits per heavy atom. The smallest absolute Gasteiger partial charge is 0.238 e.